The van der Waals surface area contributed by atoms with Gasteiger partial charge >= 0.3 is 0 Å². The van der Waals surface area contributed by atoms with Gasteiger partial charge in [-0.05, 0) is 43.5 Å². The maximum Gasteiger partial charge on any atom is 0.232 e. The molecule has 2 N–H and O–H groups in total. The number of likely N-dealkylation sites (N-methyl/N-ethyl adjacent to an activating group) is 1. The fourth-order valence-electron chi connectivity index (χ4n) is 2.26. The number of rotatable bonds is 5. The van der Waals surface area contributed by atoms with Crippen LogP contribution in [0.4, 0.5) is 0 Å². The Bertz CT molecular complexity index is 487. The van der Waals surface area contributed by atoms with Gasteiger partial charge in [-0.1, -0.05) is 37.6 Å². The zero-order valence-electron chi connectivity index (χ0n) is 13.4. The van der Waals surface area contributed by atoms with Gasteiger partial charge in [0, 0.05) is 18.6 Å². The van der Waals surface area contributed by atoms with Crippen LogP contribution in [0.2, 0.25) is 5.02 Å². The second kappa shape index (κ2) is 7.48. The summed E-state index contributed by atoms with van der Waals surface area (Å²) in [5.74, 6) is 0.0706. The molecular formula is C16H26Cl2N2O. The van der Waals surface area contributed by atoms with E-state index in [1.165, 1.54) is 0 Å². The Kier molecular flexibility index (Phi) is 7.21. The molecule has 0 saturated carbocycles. The van der Waals surface area contributed by atoms with Crippen molar-refractivity contribution in [2.45, 2.75) is 33.1 Å². The van der Waals surface area contributed by atoms with Gasteiger partial charge < -0.3 is 10.6 Å². The molecular weight excluding hydrogens is 307 g/mol. The molecule has 0 atom stereocenters. The fourth-order valence-corrected chi connectivity index (χ4v) is 2.45. The summed E-state index contributed by atoms with van der Waals surface area (Å²) in [4.78, 5) is 14.5. The van der Waals surface area contributed by atoms with Crippen molar-refractivity contribution in [1.82, 2.24) is 4.90 Å². The van der Waals surface area contributed by atoms with Crippen molar-refractivity contribution in [2.24, 2.45) is 11.1 Å². The van der Waals surface area contributed by atoms with E-state index in [9.17, 15) is 4.79 Å². The van der Waals surface area contributed by atoms with Gasteiger partial charge in [0.15, 0.2) is 0 Å². The predicted molar refractivity (Wildman–Crippen MR) is 92.2 cm³/mol. The van der Waals surface area contributed by atoms with Crippen molar-refractivity contribution >= 4 is 29.9 Å². The summed E-state index contributed by atoms with van der Waals surface area (Å²) in [5, 5.41) is 0.647. The minimum atomic E-state index is -0.607. The SMILES string of the molecule is CN(CC(C)(C)CN)C(=O)C(C)(C)c1cccc(Cl)c1.Cl. The van der Waals surface area contributed by atoms with Crippen LogP contribution in [-0.2, 0) is 10.2 Å². The van der Waals surface area contributed by atoms with E-state index in [0.29, 0.717) is 18.1 Å². The zero-order valence-corrected chi connectivity index (χ0v) is 15.0. The van der Waals surface area contributed by atoms with Crippen LogP contribution in [0.25, 0.3) is 0 Å². The molecule has 0 radical (unpaired) electrons. The topological polar surface area (TPSA) is 46.3 Å². The summed E-state index contributed by atoms with van der Waals surface area (Å²) in [5.41, 5.74) is 5.97. The Morgan fingerprint density at radius 1 is 1.29 bits per heavy atom. The van der Waals surface area contributed by atoms with Gasteiger partial charge in [-0.25, -0.2) is 0 Å². The summed E-state index contributed by atoms with van der Waals surface area (Å²) in [6.45, 7) is 9.14. The first-order valence-corrected chi connectivity index (χ1v) is 7.19. The lowest BCUT2D eigenvalue weighted by atomic mass is 9.82. The van der Waals surface area contributed by atoms with Gasteiger partial charge in [0.2, 0.25) is 5.91 Å². The lowest BCUT2D eigenvalue weighted by molar-refractivity contribution is -0.136. The van der Waals surface area contributed by atoms with Crippen LogP contribution in [0, 0.1) is 5.41 Å². The number of carbonyl (C=O) groups is 1. The third-order valence-corrected chi connectivity index (χ3v) is 3.88. The molecule has 0 fully saturated rings. The summed E-state index contributed by atoms with van der Waals surface area (Å²) in [6.07, 6.45) is 0. The van der Waals surface area contributed by atoms with Gasteiger partial charge in [0.05, 0.1) is 5.41 Å². The average Bonchev–Trinajstić information content (AvgIpc) is 2.37. The van der Waals surface area contributed by atoms with E-state index in [1.807, 2.05) is 45.2 Å². The van der Waals surface area contributed by atoms with Crippen LogP contribution in [-0.4, -0.2) is 30.9 Å². The van der Waals surface area contributed by atoms with Crippen molar-refractivity contribution < 1.29 is 4.79 Å². The molecule has 0 spiro atoms. The third kappa shape index (κ3) is 5.17. The number of hydrogen-bond acceptors (Lipinski definition) is 2. The Morgan fingerprint density at radius 3 is 2.33 bits per heavy atom. The van der Waals surface area contributed by atoms with Crippen molar-refractivity contribution in [3.8, 4) is 0 Å². The van der Waals surface area contributed by atoms with E-state index >= 15 is 0 Å². The van der Waals surface area contributed by atoms with Crippen molar-refractivity contribution in [1.29, 1.82) is 0 Å². The number of carbonyl (C=O) groups excluding carboxylic acids is 1. The molecule has 1 aromatic rings. The van der Waals surface area contributed by atoms with Crippen molar-refractivity contribution in [3.05, 3.63) is 34.9 Å². The van der Waals surface area contributed by atoms with E-state index in [0.717, 1.165) is 5.56 Å². The van der Waals surface area contributed by atoms with Crippen LogP contribution >= 0.6 is 24.0 Å². The number of benzene rings is 1. The number of halogens is 2. The number of nitrogens with two attached hydrogens (primary N) is 1. The molecule has 0 aliphatic rings. The molecule has 0 bridgehead atoms. The highest BCUT2D eigenvalue weighted by Crippen LogP contribution is 2.28. The molecule has 0 aliphatic heterocycles. The second-order valence-corrected chi connectivity index (χ2v) is 7.10. The van der Waals surface area contributed by atoms with Gasteiger partial charge in [-0.15, -0.1) is 12.4 Å². The smallest absolute Gasteiger partial charge is 0.232 e. The van der Waals surface area contributed by atoms with Crippen LogP contribution in [0.15, 0.2) is 24.3 Å². The standard InChI is InChI=1S/C16H25ClN2O.ClH/c1-15(2,10-18)11-19(5)14(20)16(3,4)12-7-6-8-13(17)9-12;/h6-9H,10-11,18H2,1-5H3;1H. The van der Waals surface area contributed by atoms with Crippen molar-refractivity contribution in [3.63, 3.8) is 0 Å². The maximum absolute atomic E-state index is 12.7. The number of hydrogen-bond donors (Lipinski definition) is 1. The number of amides is 1. The molecule has 0 heterocycles. The molecule has 1 rings (SSSR count). The minimum absolute atomic E-state index is 0. The average molecular weight is 333 g/mol. The van der Waals surface area contributed by atoms with Crippen LogP contribution in [0.3, 0.4) is 0 Å². The summed E-state index contributed by atoms with van der Waals surface area (Å²) < 4.78 is 0. The second-order valence-electron chi connectivity index (χ2n) is 6.66. The lowest BCUT2D eigenvalue weighted by Gasteiger charge is -2.34. The Balaban J connectivity index is 0.00000400. The van der Waals surface area contributed by atoms with Gasteiger partial charge in [0.25, 0.3) is 0 Å². The third-order valence-electron chi connectivity index (χ3n) is 3.65. The van der Waals surface area contributed by atoms with E-state index in [-0.39, 0.29) is 23.7 Å². The summed E-state index contributed by atoms with van der Waals surface area (Å²) in [6, 6.07) is 7.47. The van der Waals surface area contributed by atoms with Gasteiger partial charge in [-0.2, -0.15) is 0 Å². The monoisotopic (exact) mass is 332 g/mol. The highest BCUT2D eigenvalue weighted by molar-refractivity contribution is 6.30. The van der Waals surface area contributed by atoms with Crippen molar-refractivity contribution in [2.75, 3.05) is 20.1 Å². The van der Waals surface area contributed by atoms with Crippen LogP contribution in [0.1, 0.15) is 33.3 Å². The zero-order chi connectivity index (χ0) is 15.6. The highest BCUT2D eigenvalue weighted by Gasteiger charge is 2.34. The normalized spacial score (nSPS) is 11.8. The largest absolute Gasteiger partial charge is 0.344 e. The minimum Gasteiger partial charge on any atom is -0.344 e. The summed E-state index contributed by atoms with van der Waals surface area (Å²) in [7, 11) is 1.83. The van der Waals surface area contributed by atoms with Crippen LogP contribution in [0.5, 0.6) is 0 Å². The molecule has 120 valence electrons. The molecule has 0 aromatic heterocycles. The van der Waals surface area contributed by atoms with E-state index < -0.39 is 5.41 Å². The Hall–Kier alpha value is -0.770. The van der Waals surface area contributed by atoms with E-state index in [1.54, 1.807) is 4.90 Å². The van der Waals surface area contributed by atoms with E-state index in [4.69, 9.17) is 17.3 Å². The quantitative estimate of drug-likeness (QED) is 0.897. The fraction of sp³-hybridized carbons (Fsp3) is 0.562. The lowest BCUT2D eigenvalue weighted by Crippen LogP contribution is -2.46. The molecule has 0 aliphatic carbocycles. The Morgan fingerprint density at radius 2 is 1.86 bits per heavy atom. The molecule has 0 unspecified atom stereocenters. The van der Waals surface area contributed by atoms with Gasteiger partial charge in [-0.3, -0.25) is 4.79 Å². The summed E-state index contributed by atoms with van der Waals surface area (Å²) >= 11 is 6.02. The van der Waals surface area contributed by atoms with Crippen LogP contribution < -0.4 is 5.73 Å². The molecule has 1 aromatic carbocycles. The molecule has 3 nitrogen and oxygen atoms in total. The molecule has 5 heteroatoms. The number of nitrogens with zero attached hydrogens (tertiary/aromatic N) is 1. The van der Waals surface area contributed by atoms with Gasteiger partial charge in [0.1, 0.15) is 0 Å². The first-order valence-electron chi connectivity index (χ1n) is 6.82. The molecule has 1 amide bonds. The van der Waals surface area contributed by atoms with E-state index in [2.05, 4.69) is 13.8 Å². The predicted octanol–water partition coefficient (Wildman–Crippen LogP) is 3.48. The highest BCUT2D eigenvalue weighted by atomic mass is 35.5. The molecule has 21 heavy (non-hydrogen) atoms. The first-order chi connectivity index (χ1) is 9.10. The molecule has 0 saturated heterocycles. The Labute approximate surface area is 139 Å². The maximum atomic E-state index is 12.7. The first kappa shape index (κ1) is 20.2.